The van der Waals surface area contributed by atoms with Gasteiger partial charge in [0.05, 0.1) is 24.6 Å². The highest BCUT2D eigenvalue weighted by atomic mass is 16.2. The van der Waals surface area contributed by atoms with E-state index in [1.165, 1.54) is 0 Å². The SMILES string of the molecule is C#CCn1cc(/C=N\N2C(=O)[C@H]3[C@H](C2=O)[C@H]2C=C[C@H]3CC2)c2ccccc21. The van der Waals surface area contributed by atoms with E-state index < -0.39 is 0 Å². The quantitative estimate of drug-likeness (QED) is 0.367. The summed E-state index contributed by atoms with van der Waals surface area (Å²) in [4.78, 5) is 25.7. The van der Waals surface area contributed by atoms with Crippen molar-refractivity contribution in [2.45, 2.75) is 19.4 Å². The predicted molar refractivity (Wildman–Crippen MR) is 103 cm³/mol. The zero-order chi connectivity index (χ0) is 18.5. The first-order valence-corrected chi connectivity index (χ1v) is 9.30. The third-order valence-electron chi connectivity index (χ3n) is 6.13. The number of carbonyl (C=O) groups excluding carboxylic acids is 2. The number of nitrogens with zero attached hydrogens (tertiary/aromatic N) is 3. The van der Waals surface area contributed by atoms with Crippen LogP contribution >= 0.6 is 0 Å². The molecule has 2 bridgehead atoms. The number of carbonyl (C=O) groups is 2. The van der Waals surface area contributed by atoms with Crippen molar-refractivity contribution in [2.75, 3.05) is 0 Å². The van der Waals surface area contributed by atoms with Gasteiger partial charge in [-0.3, -0.25) is 9.59 Å². The van der Waals surface area contributed by atoms with Gasteiger partial charge in [0.2, 0.25) is 0 Å². The highest BCUT2D eigenvalue weighted by Gasteiger charge is 2.56. The molecule has 2 heterocycles. The van der Waals surface area contributed by atoms with E-state index in [0.29, 0.717) is 6.54 Å². The average Bonchev–Trinajstić information content (AvgIpc) is 3.19. The summed E-state index contributed by atoms with van der Waals surface area (Å²) >= 11 is 0. The number of hydrogen-bond donors (Lipinski definition) is 0. The van der Waals surface area contributed by atoms with Gasteiger partial charge < -0.3 is 4.57 Å². The van der Waals surface area contributed by atoms with E-state index in [-0.39, 0.29) is 35.5 Å². The Morgan fingerprint density at radius 1 is 1.11 bits per heavy atom. The van der Waals surface area contributed by atoms with Gasteiger partial charge in [0.1, 0.15) is 0 Å². The molecule has 4 aliphatic rings. The van der Waals surface area contributed by atoms with E-state index in [0.717, 1.165) is 34.3 Å². The van der Waals surface area contributed by atoms with Crippen LogP contribution < -0.4 is 0 Å². The van der Waals surface area contributed by atoms with Crippen molar-refractivity contribution in [1.29, 1.82) is 0 Å². The topological polar surface area (TPSA) is 54.7 Å². The molecule has 0 radical (unpaired) electrons. The van der Waals surface area contributed by atoms with Gasteiger partial charge in [-0.1, -0.05) is 36.3 Å². The zero-order valence-electron chi connectivity index (χ0n) is 14.8. The normalized spacial score (nSPS) is 29.1. The lowest BCUT2D eigenvalue weighted by molar-refractivity contribution is -0.140. The van der Waals surface area contributed by atoms with E-state index in [9.17, 15) is 9.59 Å². The summed E-state index contributed by atoms with van der Waals surface area (Å²) in [6, 6.07) is 7.89. The smallest absolute Gasteiger partial charge is 0.254 e. The highest BCUT2D eigenvalue weighted by molar-refractivity contribution is 6.07. The van der Waals surface area contributed by atoms with Crippen molar-refractivity contribution in [2.24, 2.45) is 28.8 Å². The van der Waals surface area contributed by atoms with Crippen LogP contribution in [0.5, 0.6) is 0 Å². The summed E-state index contributed by atoms with van der Waals surface area (Å²) in [6.45, 7) is 0.453. The van der Waals surface area contributed by atoms with Crippen LogP contribution in [0.4, 0.5) is 0 Å². The summed E-state index contributed by atoms with van der Waals surface area (Å²) in [5.41, 5.74) is 1.85. The molecule has 27 heavy (non-hydrogen) atoms. The molecule has 2 fully saturated rings. The standard InChI is InChI=1S/C22H19N3O2/c1-2-11-24-13-16(17-5-3-4-6-18(17)24)12-23-25-21(26)19-14-7-8-15(10-9-14)20(19)22(25)27/h1,3-8,12-15,19-20H,9-11H2/b23-12-/t14-,15-,19+,20+/m0/s1. The molecule has 5 nitrogen and oxygen atoms in total. The number of amides is 2. The molecule has 1 aliphatic heterocycles. The Kier molecular flexibility index (Phi) is 3.54. The molecule has 1 aromatic heterocycles. The molecular formula is C22H19N3O2. The summed E-state index contributed by atoms with van der Waals surface area (Å²) in [6.07, 6.45) is 15.2. The van der Waals surface area contributed by atoms with Gasteiger partial charge in [-0.05, 0) is 30.7 Å². The van der Waals surface area contributed by atoms with Crippen LogP contribution in [0.2, 0.25) is 0 Å². The van der Waals surface area contributed by atoms with Crippen molar-refractivity contribution in [3.8, 4) is 12.3 Å². The maximum atomic E-state index is 12.9. The third kappa shape index (κ3) is 2.30. The van der Waals surface area contributed by atoms with Gasteiger partial charge in [0.25, 0.3) is 11.8 Å². The number of benzene rings is 1. The molecule has 0 spiro atoms. The van der Waals surface area contributed by atoms with E-state index in [1.54, 1.807) is 6.21 Å². The number of allylic oxidation sites excluding steroid dienone is 2. The van der Waals surface area contributed by atoms with Gasteiger partial charge in [-0.2, -0.15) is 10.1 Å². The first kappa shape index (κ1) is 16.1. The predicted octanol–water partition coefficient (Wildman–Crippen LogP) is 2.81. The lowest BCUT2D eigenvalue weighted by Crippen LogP contribution is -2.38. The highest BCUT2D eigenvalue weighted by Crippen LogP contribution is 2.49. The van der Waals surface area contributed by atoms with Crippen molar-refractivity contribution >= 4 is 28.9 Å². The minimum Gasteiger partial charge on any atom is -0.335 e. The minimum absolute atomic E-state index is 0.160. The number of imide groups is 1. The van der Waals surface area contributed by atoms with Crippen LogP contribution in [-0.4, -0.2) is 27.6 Å². The number of rotatable bonds is 3. The summed E-state index contributed by atoms with van der Waals surface area (Å²) in [5.74, 6) is 2.21. The Balaban J connectivity index is 1.49. The Hall–Kier alpha value is -3.13. The largest absolute Gasteiger partial charge is 0.335 e. The van der Waals surface area contributed by atoms with Crippen molar-refractivity contribution in [3.63, 3.8) is 0 Å². The van der Waals surface area contributed by atoms with E-state index in [4.69, 9.17) is 6.42 Å². The number of fused-ring (bicyclic) bond motifs is 2. The third-order valence-corrected chi connectivity index (χ3v) is 6.13. The van der Waals surface area contributed by atoms with Crippen molar-refractivity contribution in [1.82, 2.24) is 9.58 Å². The first-order valence-electron chi connectivity index (χ1n) is 9.30. The maximum absolute atomic E-state index is 12.9. The second-order valence-electron chi connectivity index (χ2n) is 7.51. The fourth-order valence-electron chi connectivity index (χ4n) is 4.90. The van der Waals surface area contributed by atoms with Gasteiger partial charge in [-0.25, -0.2) is 0 Å². The molecule has 2 aromatic rings. The number of hydrogen-bond acceptors (Lipinski definition) is 3. The Labute approximate surface area is 157 Å². The number of aromatic nitrogens is 1. The van der Waals surface area contributed by atoms with Crippen LogP contribution in [0, 0.1) is 36.0 Å². The molecule has 0 unspecified atom stereocenters. The van der Waals surface area contributed by atoms with E-state index >= 15 is 0 Å². The summed E-state index contributed by atoms with van der Waals surface area (Å²) in [5, 5.41) is 6.41. The molecule has 1 aromatic carbocycles. The molecular weight excluding hydrogens is 338 g/mol. The molecule has 1 saturated heterocycles. The number of hydrazone groups is 1. The monoisotopic (exact) mass is 357 g/mol. The molecule has 0 N–H and O–H groups in total. The van der Waals surface area contributed by atoms with Gasteiger partial charge >= 0.3 is 0 Å². The van der Waals surface area contributed by atoms with Crippen LogP contribution in [0.25, 0.3) is 10.9 Å². The minimum atomic E-state index is -0.235. The van der Waals surface area contributed by atoms with Crippen LogP contribution in [-0.2, 0) is 16.1 Å². The van der Waals surface area contributed by atoms with Crippen LogP contribution in [0.15, 0.2) is 47.7 Å². The van der Waals surface area contributed by atoms with Gasteiger partial charge in [0, 0.05) is 22.7 Å². The molecule has 1 saturated carbocycles. The van der Waals surface area contributed by atoms with Crippen molar-refractivity contribution < 1.29 is 9.59 Å². The fraction of sp³-hybridized carbons (Fsp3) is 0.318. The lowest BCUT2D eigenvalue weighted by Gasteiger charge is -2.37. The van der Waals surface area contributed by atoms with Crippen molar-refractivity contribution in [3.05, 3.63) is 48.2 Å². The molecule has 6 rings (SSSR count). The second-order valence-corrected chi connectivity index (χ2v) is 7.51. The molecule has 5 heteroatoms. The molecule has 4 atom stereocenters. The Morgan fingerprint density at radius 2 is 1.78 bits per heavy atom. The second kappa shape index (κ2) is 5.95. The average molecular weight is 357 g/mol. The molecule has 2 amide bonds. The molecule has 3 aliphatic carbocycles. The summed E-state index contributed by atoms with van der Waals surface area (Å²) in [7, 11) is 0. The fourth-order valence-corrected chi connectivity index (χ4v) is 4.90. The van der Waals surface area contributed by atoms with Gasteiger partial charge in [0.15, 0.2) is 0 Å². The number of terminal acetylenes is 1. The van der Waals surface area contributed by atoms with Crippen LogP contribution in [0.3, 0.4) is 0 Å². The van der Waals surface area contributed by atoms with E-state index in [2.05, 4.69) is 23.2 Å². The first-order chi connectivity index (χ1) is 13.2. The van der Waals surface area contributed by atoms with Gasteiger partial charge in [-0.15, -0.1) is 6.42 Å². The zero-order valence-corrected chi connectivity index (χ0v) is 14.8. The molecule has 134 valence electrons. The Morgan fingerprint density at radius 3 is 2.41 bits per heavy atom. The van der Waals surface area contributed by atoms with Crippen LogP contribution in [0.1, 0.15) is 18.4 Å². The Bertz CT molecular complexity index is 1020. The lowest BCUT2D eigenvalue weighted by atomic mass is 9.63. The summed E-state index contributed by atoms with van der Waals surface area (Å²) < 4.78 is 1.97. The van der Waals surface area contributed by atoms with E-state index in [1.807, 2.05) is 35.0 Å². The number of para-hydroxylation sites is 1. The maximum Gasteiger partial charge on any atom is 0.254 e.